The Labute approximate surface area is 119 Å². The number of benzene rings is 3. The van der Waals surface area contributed by atoms with Gasteiger partial charge in [-0.05, 0) is 48.7 Å². The lowest BCUT2D eigenvalue weighted by molar-refractivity contribution is 0.474. The molecule has 0 aromatic heterocycles. The molecule has 1 heteroatoms. The van der Waals surface area contributed by atoms with Crippen LogP contribution in [0.5, 0.6) is 5.75 Å². The fourth-order valence-electron chi connectivity index (χ4n) is 2.89. The second-order valence-electron chi connectivity index (χ2n) is 5.51. The molecule has 0 saturated carbocycles. The molecule has 3 rings (SSSR count). The molecule has 20 heavy (non-hydrogen) atoms. The summed E-state index contributed by atoms with van der Waals surface area (Å²) < 4.78 is 0. The Kier molecular flexibility index (Phi) is 2.98. The Balaban J connectivity index is 2.42. The van der Waals surface area contributed by atoms with E-state index in [0.717, 1.165) is 27.5 Å². The minimum absolute atomic E-state index is 0.383. The normalized spacial score (nSPS) is 10.9. The summed E-state index contributed by atoms with van der Waals surface area (Å²) >= 11 is 0. The third-order valence-corrected chi connectivity index (χ3v) is 3.72. The van der Waals surface area contributed by atoms with Crippen molar-refractivity contribution in [3.05, 3.63) is 65.2 Å². The first kappa shape index (κ1) is 12.7. The summed E-state index contributed by atoms with van der Waals surface area (Å²) in [5.41, 5.74) is 5.36. The predicted octanol–water partition coefficient (Wildman–Crippen LogP) is 5.14. The van der Waals surface area contributed by atoms with Gasteiger partial charge in [-0.3, -0.25) is 0 Å². The number of hydrogen-bond acceptors (Lipinski definition) is 1. The van der Waals surface area contributed by atoms with Crippen molar-refractivity contribution in [3.63, 3.8) is 0 Å². The zero-order valence-electron chi connectivity index (χ0n) is 12.1. The van der Waals surface area contributed by atoms with Gasteiger partial charge >= 0.3 is 0 Å². The topological polar surface area (TPSA) is 20.2 Å². The standard InChI is InChI=1S/C19H18O/c1-12-8-13(2)10-16(9-12)18-17-7-5-4-6-15(17)11-14(3)19(18)20/h4-11,20H,1-3H3. The van der Waals surface area contributed by atoms with Crippen LogP contribution in [-0.2, 0) is 0 Å². The first-order chi connectivity index (χ1) is 9.56. The molecule has 0 aliphatic heterocycles. The van der Waals surface area contributed by atoms with E-state index in [1.54, 1.807) is 0 Å². The van der Waals surface area contributed by atoms with Gasteiger partial charge in [0.2, 0.25) is 0 Å². The molecule has 0 aliphatic carbocycles. The van der Waals surface area contributed by atoms with Gasteiger partial charge in [0.1, 0.15) is 5.75 Å². The Morgan fingerprint density at radius 2 is 1.45 bits per heavy atom. The molecule has 1 N–H and O–H groups in total. The molecule has 0 heterocycles. The van der Waals surface area contributed by atoms with E-state index in [2.05, 4.69) is 44.2 Å². The third-order valence-electron chi connectivity index (χ3n) is 3.72. The Morgan fingerprint density at radius 3 is 2.15 bits per heavy atom. The molecular weight excluding hydrogens is 244 g/mol. The summed E-state index contributed by atoms with van der Waals surface area (Å²) in [6, 6.07) is 16.7. The van der Waals surface area contributed by atoms with Gasteiger partial charge in [0.15, 0.2) is 0 Å². The lowest BCUT2D eigenvalue weighted by atomic mass is 9.93. The van der Waals surface area contributed by atoms with E-state index in [9.17, 15) is 5.11 Å². The van der Waals surface area contributed by atoms with Gasteiger partial charge in [0.25, 0.3) is 0 Å². The second-order valence-corrected chi connectivity index (χ2v) is 5.51. The Bertz CT molecular complexity index is 780. The van der Waals surface area contributed by atoms with Crippen molar-refractivity contribution >= 4 is 10.8 Å². The van der Waals surface area contributed by atoms with Crippen LogP contribution in [0.3, 0.4) is 0 Å². The molecule has 100 valence electrons. The van der Waals surface area contributed by atoms with Crippen LogP contribution < -0.4 is 0 Å². The van der Waals surface area contributed by atoms with Crippen LogP contribution >= 0.6 is 0 Å². The smallest absolute Gasteiger partial charge is 0.126 e. The fraction of sp³-hybridized carbons (Fsp3) is 0.158. The molecule has 3 aromatic carbocycles. The van der Waals surface area contributed by atoms with E-state index in [1.165, 1.54) is 11.1 Å². The van der Waals surface area contributed by atoms with Crippen LogP contribution in [-0.4, -0.2) is 5.11 Å². The molecule has 1 nitrogen and oxygen atoms in total. The minimum Gasteiger partial charge on any atom is -0.507 e. The molecule has 0 atom stereocenters. The molecule has 0 unspecified atom stereocenters. The lowest BCUT2D eigenvalue weighted by Gasteiger charge is -2.13. The minimum atomic E-state index is 0.383. The van der Waals surface area contributed by atoms with Crippen LogP contribution in [0, 0.1) is 20.8 Å². The summed E-state index contributed by atoms with van der Waals surface area (Å²) in [5, 5.41) is 12.8. The maximum absolute atomic E-state index is 10.5. The first-order valence-corrected chi connectivity index (χ1v) is 6.86. The summed E-state index contributed by atoms with van der Waals surface area (Å²) in [4.78, 5) is 0. The van der Waals surface area contributed by atoms with Gasteiger partial charge in [-0.15, -0.1) is 0 Å². The van der Waals surface area contributed by atoms with Crippen LogP contribution in [0.15, 0.2) is 48.5 Å². The highest BCUT2D eigenvalue weighted by molar-refractivity contribution is 6.00. The molecule has 0 spiro atoms. The number of phenolic OH excluding ortho intramolecular Hbond substituents is 1. The number of phenols is 1. The summed E-state index contributed by atoms with van der Waals surface area (Å²) in [6.45, 7) is 6.13. The summed E-state index contributed by atoms with van der Waals surface area (Å²) in [7, 11) is 0. The average Bonchev–Trinajstić information content (AvgIpc) is 2.39. The summed E-state index contributed by atoms with van der Waals surface area (Å²) in [6.07, 6.45) is 0. The quantitative estimate of drug-likeness (QED) is 0.644. The fourth-order valence-corrected chi connectivity index (χ4v) is 2.89. The predicted molar refractivity (Wildman–Crippen MR) is 85.3 cm³/mol. The van der Waals surface area contributed by atoms with E-state index in [4.69, 9.17) is 0 Å². The molecule has 0 amide bonds. The molecule has 0 bridgehead atoms. The monoisotopic (exact) mass is 262 g/mol. The van der Waals surface area contributed by atoms with Crippen LogP contribution in [0.25, 0.3) is 21.9 Å². The van der Waals surface area contributed by atoms with Gasteiger partial charge in [-0.2, -0.15) is 0 Å². The van der Waals surface area contributed by atoms with Crippen molar-refractivity contribution in [1.29, 1.82) is 0 Å². The van der Waals surface area contributed by atoms with Gasteiger partial charge in [0.05, 0.1) is 0 Å². The van der Waals surface area contributed by atoms with Crippen molar-refractivity contribution in [1.82, 2.24) is 0 Å². The molecular formula is C19H18O. The molecule has 0 aliphatic rings. The highest BCUT2D eigenvalue weighted by Crippen LogP contribution is 2.39. The maximum Gasteiger partial charge on any atom is 0.126 e. The molecule has 0 saturated heterocycles. The van der Waals surface area contributed by atoms with Crippen molar-refractivity contribution in [2.24, 2.45) is 0 Å². The van der Waals surface area contributed by atoms with Gasteiger partial charge < -0.3 is 5.11 Å². The first-order valence-electron chi connectivity index (χ1n) is 6.86. The van der Waals surface area contributed by atoms with Gasteiger partial charge in [0, 0.05) is 5.56 Å². The van der Waals surface area contributed by atoms with Gasteiger partial charge in [-0.1, -0.05) is 53.6 Å². The number of rotatable bonds is 1. The van der Waals surface area contributed by atoms with Crippen molar-refractivity contribution in [2.45, 2.75) is 20.8 Å². The van der Waals surface area contributed by atoms with Crippen LogP contribution in [0.4, 0.5) is 0 Å². The Morgan fingerprint density at radius 1 is 0.800 bits per heavy atom. The molecule has 3 aromatic rings. The number of aromatic hydroxyl groups is 1. The van der Waals surface area contributed by atoms with Crippen LogP contribution in [0.1, 0.15) is 16.7 Å². The van der Waals surface area contributed by atoms with E-state index in [-0.39, 0.29) is 0 Å². The van der Waals surface area contributed by atoms with Gasteiger partial charge in [-0.25, -0.2) is 0 Å². The largest absolute Gasteiger partial charge is 0.507 e. The van der Waals surface area contributed by atoms with Crippen molar-refractivity contribution in [2.75, 3.05) is 0 Å². The van der Waals surface area contributed by atoms with E-state index < -0.39 is 0 Å². The van der Waals surface area contributed by atoms with Crippen LogP contribution in [0.2, 0.25) is 0 Å². The molecule has 0 radical (unpaired) electrons. The summed E-state index contributed by atoms with van der Waals surface area (Å²) in [5.74, 6) is 0.383. The van der Waals surface area contributed by atoms with Crippen molar-refractivity contribution < 1.29 is 5.11 Å². The Hall–Kier alpha value is -2.28. The third kappa shape index (κ3) is 2.05. The molecule has 0 fully saturated rings. The van der Waals surface area contributed by atoms with E-state index in [1.807, 2.05) is 25.1 Å². The number of aryl methyl sites for hydroxylation is 3. The number of hydrogen-bond donors (Lipinski definition) is 1. The maximum atomic E-state index is 10.5. The highest BCUT2D eigenvalue weighted by Gasteiger charge is 2.12. The van der Waals surface area contributed by atoms with E-state index >= 15 is 0 Å². The second kappa shape index (κ2) is 4.68. The zero-order valence-corrected chi connectivity index (χ0v) is 12.1. The average molecular weight is 262 g/mol. The highest BCUT2D eigenvalue weighted by atomic mass is 16.3. The number of fused-ring (bicyclic) bond motifs is 1. The zero-order chi connectivity index (χ0) is 14.3. The van der Waals surface area contributed by atoms with Crippen molar-refractivity contribution in [3.8, 4) is 16.9 Å². The van der Waals surface area contributed by atoms with E-state index in [0.29, 0.717) is 5.75 Å². The lowest BCUT2D eigenvalue weighted by Crippen LogP contribution is -1.88. The SMILES string of the molecule is Cc1cc(C)cc(-c2c(O)c(C)cc3ccccc23)c1.